The molecule has 34 heavy (non-hydrogen) atoms. The van der Waals surface area contributed by atoms with Gasteiger partial charge in [-0.25, -0.2) is 4.79 Å². The number of benzene rings is 1. The summed E-state index contributed by atoms with van der Waals surface area (Å²) in [5.41, 5.74) is 2.60. The summed E-state index contributed by atoms with van der Waals surface area (Å²) in [6.07, 6.45) is 3.94. The average molecular weight is 513 g/mol. The van der Waals surface area contributed by atoms with E-state index in [0.29, 0.717) is 22.3 Å². The van der Waals surface area contributed by atoms with Crippen LogP contribution in [0.4, 0.5) is 5.00 Å². The summed E-state index contributed by atoms with van der Waals surface area (Å²) in [7, 11) is 1.38. The average Bonchev–Trinajstić information content (AvgIpc) is 3.56. The zero-order valence-corrected chi connectivity index (χ0v) is 21.4. The van der Waals surface area contributed by atoms with Crippen LogP contribution in [0, 0.1) is 0 Å². The number of carbonyl (C=O) groups is 2. The standard InChI is InChI=1S/C24H24N4O3S3/c1-3-28-21(16-12-32-17-10-6-4-8-14(16)17)26-27-24(28)33-13-19(29)25-22-20(23(30)31-2)15-9-5-7-11-18(15)34-22/h4,6,8,10,12H,3,5,7,9,11,13H2,1-2H3,(H,25,29). The van der Waals surface area contributed by atoms with Crippen LogP contribution in [0.3, 0.4) is 0 Å². The molecule has 0 unspecified atom stereocenters. The van der Waals surface area contributed by atoms with E-state index in [2.05, 4.69) is 33.0 Å². The maximum absolute atomic E-state index is 12.8. The number of ether oxygens (including phenoxy) is 1. The van der Waals surface area contributed by atoms with E-state index in [0.717, 1.165) is 48.0 Å². The van der Waals surface area contributed by atoms with Crippen LogP contribution in [0.1, 0.15) is 40.6 Å². The number of thioether (sulfide) groups is 1. The van der Waals surface area contributed by atoms with E-state index in [9.17, 15) is 9.59 Å². The molecule has 1 N–H and O–H groups in total. The second-order valence-electron chi connectivity index (χ2n) is 7.94. The molecule has 0 radical (unpaired) electrons. The summed E-state index contributed by atoms with van der Waals surface area (Å²) < 4.78 is 8.24. The SMILES string of the molecule is CCn1c(SCC(=O)Nc2sc3c(c2C(=O)OC)CCCC3)nnc1-c1csc2ccccc12. The first-order valence-electron chi connectivity index (χ1n) is 11.2. The molecule has 4 aromatic rings. The van der Waals surface area contributed by atoms with Gasteiger partial charge in [0.25, 0.3) is 0 Å². The number of aryl methyl sites for hydroxylation is 1. The van der Waals surface area contributed by atoms with E-state index in [4.69, 9.17) is 4.74 Å². The minimum absolute atomic E-state index is 0.172. The van der Waals surface area contributed by atoms with Gasteiger partial charge in [0.2, 0.25) is 5.91 Å². The maximum Gasteiger partial charge on any atom is 0.341 e. The normalized spacial score (nSPS) is 13.1. The number of carbonyl (C=O) groups excluding carboxylic acids is 2. The van der Waals surface area contributed by atoms with Crippen molar-refractivity contribution >= 4 is 61.4 Å². The number of esters is 1. The molecular weight excluding hydrogens is 488 g/mol. The first-order chi connectivity index (χ1) is 16.6. The molecule has 0 bridgehead atoms. The van der Waals surface area contributed by atoms with Crippen molar-refractivity contribution in [2.75, 3.05) is 18.2 Å². The molecule has 3 heterocycles. The van der Waals surface area contributed by atoms with Crippen LogP contribution in [0.25, 0.3) is 21.5 Å². The lowest BCUT2D eigenvalue weighted by molar-refractivity contribution is -0.113. The van der Waals surface area contributed by atoms with Crippen LogP contribution in [0.5, 0.6) is 0 Å². The molecule has 1 aromatic carbocycles. The lowest BCUT2D eigenvalue weighted by atomic mass is 9.95. The third kappa shape index (κ3) is 4.25. The number of aromatic nitrogens is 3. The van der Waals surface area contributed by atoms with Crippen molar-refractivity contribution in [1.29, 1.82) is 0 Å². The molecule has 1 amide bonds. The molecule has 0 atom stereocenters. The molecule has 0 spiro atoms. The van der Waals surface area contributed by atoms with E-state index in [1.165, 1.54) is 39.8 Å². The minimum Gasteiger partial charge on any atom is -0.465 e. The van der Waals surface area contributed by atoms with Crippen molar-refractivity contribution in [3.05, 3.63) is 45.6 Å². The Morgan fingerprint density at radius 2 is 2.03 bits per heavy atom. The third-order valence-electron chi connectivity index (χ3n) is 5.90. The van der Waals surface area contributed by atoms with Gasteiger partial charge in [-0.2, -0.15) is 0 Å². The van der Waals surface area contributed by atoms with E-state index in [-0.39, 0.29) is 17.6 Å². The van der Waals surface area contributed by atoms with Gasteiger partial charge in [0.05, 0.1) is 18.4 Å². The zero-order valence-electron chi connectivity index (χ0n) is 18.9. The highest BCUT2D eigenvalue weighted by Gasteiger charge is 2.27. The largest absolute Gasteiger partial charge is 0.465 e. The number of amides is 1. The van der Waals surface area contributed by atoms with Crippen molar-refractivity contribution in [2.45, 2.75) is 44.3 Å². The zero-order chi connectivity index (χ0) is 23.7. The number of methoxy groups -OCH3 is 1. The first-order valence-corrected chi connectivity index (χ1v) is 13.8. The van der Waals surface area contributed by atoms with Gasteiger partial charge in [-0.1, -0.05) is 30.0 Å². The van der Waals surface area contributed by atoms with Crippen LogP contribution in [0.2, 0.25) is 0 Å². The van der Waals surface area contributed by atoms with Crippen LogP contribution in [0.15, 0.2) is 34.8 Å². The first kappa shape index (κ1) is 23.1. The highest BCUT2D eigenvalue weighted by molar-refractivity contribution is 7.99. The second-order valence-corrected chi connectivity index (χ2v) is 10.9. The number of thiophene rings is 2. The summed E-state index contributed by atoms with van der Waals surface area (Å²) in [5.74, 6) is 0.413. The predicted octanol–water partition coefficient (Wildman–Crippen LogP) is 5.64. The molecule has 0 saturated carbocycles. The Hall–Kier alpha value is -2.69. The summed E-state index contributed by atoms with van der Waals surface area (Å²) in [5, 5.41) is 16.3. The Labute approximate surface area is 209 Å². The molecule has 10 heteroatoms. The van der Waals surface area contributed by atoms with Crippen molar-refractivity contribution in [1.82, 2.24) is 14.8 Å². The molecule has 3 aromatic heterocycles. The summed E-state index contributed by atoms with van der Waals surface area (Å²) in [6, 6.07) is 8.25. The predicted molar refractivity (Wildman–Crippen MR) is 138 cm³/mol. The summed E-state index contributed by atoms with van der Waals surface area (Å²) in [4.78, 5) is 26.4. The number of anilines is 1. The third-order valence-corrected chi connectivity index (χ3v) is 9.04. The fraction of sp³-hybridized carbons (Fsp3) is 0.333. The lowest BCUT2D eigenvalue weighted by Gasteiger charge is -2.11. The van der Waals surface area contributed by atoms with Crippen molar-refractivity contribution in [2.24, 2.45) is 0 Å². The van der Waals surface area contributed by atoms with Gasteiger partial charge in [-0.3, -0.25) is 4.79 Å². The van der Waals surface area contributed by atoms with E-state index < -0.39 is 0 Å². The Kier molecular flexibility index (Phi) is 6.71. The van der Waals surface area contributed by atoms with Crippen LogP contribution >= 0.6 is 34.4 Å². The van der Waals surface area contributed by atoms with Gasteiger partial charge >= 0.3 is 5.97 Å². The molecule has 0 aliphatic heterocycles. The van der Waals surface area contributed by atoms with E-state index in [1.54, 1.807) is 11.3 Å². The van der Waals surface area contributed by atoms with Gasteiger partial charge in [0.1, 0.15) is 5.00 Å². The number of nitrogens with zero attached hydrogens (tertiary/aromatic N) is 3. The minimum atomic E-state index is -0.388. The fourth-order valence-corrected chi connectivity index (χ4v) is 7.33. The summed E-state index contributed by atoms with van der Waals surface area (Å²) in [6.45, 7) is 2.74. The molecule has 5 rings (SSSR count). The quantitative estimate of drug-likeness (QED) is 0.255. The molecule has 0 saturated heterocycles. The van der Waals surface area contributed by atoms with E-state index in [1.807, 2.05) is 23.6 Å². The van der Waals surface area contributed by atoms with Gasteiger partial charge in [-0.15, -0.1) is 32.9 Å². The highest BCUT2D eigenvalue weighted by atomic mass is 32.2. The molecule has 0 fully saturated rings. The van der Waals surface area contributed by atoms with Crippen molar-refractivity contribution in [3.8, 4) is 11.4 Å². The van der Waals surface area contributed by atoms with E-state index >= 15 is 0 Å². The van der Waals surface area contributed by atoms with Crippen molar-refractivity contribution in [3.63, 3.8) is 0 Å². The Morgan fingerprint density at radius 1 is 1.21 bits per heavy atom. The molecule has 7 nitrogen and oxygen atoms in total. The molecule has 1 aliphatic rings. The lowest BCUT2D eigenvalue weighted by Crippen LogP contribution is -2.17. The number of nitrogens with one attached hydrogen (secondary N) is 1. The summed E-state index contributed by atoms with van der Waals surface area (Å²) >= 11 is 4.52. The Balaban J connectivity index is 1.33. The second kappa shape index (κ2) is 9.89. The van der Waals surface area contributed by atoms with Crippen LogP contribution in [-0.2, 0) is 28.9 Å². The molecule has 1 aliphatic carbocycles. The molecular formula is C24H24N4O3S3. The van der Waals surface area contributed by atoms with Crippen molar-refractivity contribution < 1.29 is 14.3 Å². The number of rotatable bonds is 7. The van der Waals surface area contributed by atoms with Crippen LogP contribution in [-0.4, -0.2) is 39.5 Å². The fourth-order valence-electron chi connectivity index (χ4n) is 4.30. The van der Waals surface area contributed by atoms with Gasteiger partial charge in [0, 0.05) is 32.5 Å². The Morgan fingerprint density at radius 3 is 2.85 bits per heavy atom. The van der Waals surface area contributed by atoms with Crippen LogP contribution < -0.4 is 5.32 Å². The number of hydrogen-bond donors (Lipinski definition) is 1. The topological polar surface area (TPSA) is 86.1 Å². The molecule has 176 valence electrons. The van der Waals surface area contributed by atoms with Gasteiger partial charge < -0.3 is 14.6 Å². The number of fused-ring (bicyclic) bond motifs is 2. The smallest absolute Gasteiger partial charge is 0.341 e. The number of hydrogen-bond acceptors (Lipinski definition) is 8. The maximum atomic E-state index is 12.8. The monoisotopic (exact) mass is 512 g/mol. The Bertz CT molecular complexity index is 1370. The van der Waals surface area contributed by atoms with Gasteiger partial charge in [0.15, 0.2) is 11.0 Å². The highest BCUT2D eigenvalue weighted by Crippen LogP contribution is 2.39. The van der Waals surface area contributed by atoms with Gasteiger partial charge in [-0.05, 0) is 44.2 Å².